The summed E-state index contributed by atoms with van der Waals surface area (Å²) in [5.74, 6) is 0.740. The molecule has 1 heterocycles. The minimum Gasteiger partial charge on any atom is -0.493 e. The van der Waals surface area contributed by atoms with Gasteiger partial charge < -0.3 is 9.47 Å². The molecule has 1 saturated heterocycles. The molecule has 0 unspecified atom stereocenters. The largest absolute Gasteiger partial charge is 0.493 e. The molecule has 0 saturated carbocycles. The first-order valence-corrected chi connectivity index (χ1v) is 9.17. The SMILES string of the molecule is CCCOc1ccc(S(=O)(=O)N2C[C@@H](C)O[C@@H](C)C2)cc1C. The van der Waals surface area contributed by atoms with Crippen molar-refractivity contribution >= 4 is 10.0 Å². The highest BCUT2D eigenvalue weighted by Crippen LogP contribution is 2.26. The number of hydrogen-bond donors (Lipinski definition) is 0. The van der Waals surface area contributed by atoms with Crippen LogP contribution in [0.15, 0.2) is 23.1 Å². The second-order valence-corrected chi connectivity index (χ2v) is 7.79. The van der Waals surface area contributed by atoms with Crippen LogP contribution in [0.25, 0.3) is 0 Å². The van der Waals surface area contributed by atoms with Gasteiger partial charge in [-0.3, -0.25) is 0 Å². The van der Waals surface area contributed by atoms with Crippen molar-refractivity contribution in [3.63, 3.8) is 0 Å². The van der Waals surface area contributed by atoms with Crippen LogP contribution < -0.4 is 4.74 Å². The average Bonchev–Trinajstić information content (AvgIpc) is 2.45. The summed E-state index contributed by atoms with van der Waals surface area (Å²) in [5, 5.41) is 0. The molecule has 0 aliphatic carbocycles. The van der Waals surface area contributed by atoms with Crippen LogP contribution in [-0.4, -0.2) is 44.6 Å². The van der Waals surface area contributed by atoms with Crippen molar-refractivity contribution in [1.82, 2.24) is 4.31 Å². The summed E-state index contributed by atoms with van der Waals surface area (Å²) in [6.07, 6.45) is 0.738. The molecule has 0 radical (unpaired) electrons. The second-order valence-electron chi connectivity index (χ2n) is 5.86. The van der Waals surface area contributed by atoms with Crippen LogP contribution in [0.3, 0.4) is 0 Å². The summed E-state index contributed by atoms with van der Waals surface area (Å²) in [4.78, 5) is 0.315. The maximum Gasteiger partial charge on any atom is 0.243 e. The fourth-order valence-electron chi connectivity index (χ4n) is 2.63. The Morgan fingerprint density at radius 2 is 1.91 bits per heavy atom. The van der Waals surface area contributed by atoms with Crippen LogP contribution in [0.2, 0.25) is 0 Å². The van der Waals surface area contributed by atoms with Gasteiger partial charge in [-0.1, -0.05) is 6.92 Å². The molecule has 1 aromatic carbocycles. The van der Waals surface area contributed by atoms with Gasteiger partial charge in [-0.15, -0.1) is 0 Å². The predicted molar refractivity (Wildman–Crippen MR) is 85.7 cm³/mol. The van der Waals surface area contributed by atoms with Crippen LogP contribution in [0.5, 0.6) is 5.75 Å². The summed E-state index contributed by atoms with van der Waals surface area (Å²) >= 11 is 0. The summed E-state index contributed by atoms with van der Waals surface area (Å²) in [5.41, 5.74) is 0.837. The Morgan fingerprint density at radius 3 is 2.45 bits per heavy atom. The lowest BCUT2D eigenvalue weighted by atomic mass is 10.2. The first-order valence-electron chi connectivity index (χ1n) is 7.73. The first kappa shape index (κ1) is 17.2. The van der Waals surface area contributed by atoms with Gasteiger partial charge in [0.2, 0.25) is 10.0 Å². The summed E-state index contributed by atoms with van der Waals surface area (Å²) in [6.45, 7) is 9.10. The van der Waals surface area contributed by atoms with Gasteiger partial charge in [0.05, 0.1) is 23.7 Å². The molecule has 1 aliphatic rings. The highest BCUT2D eigenvalue weighted by Gasteiger charge is 2.32. The zero-order valence-electron chi connectivity index (χ0n) is 13.7. The Bertz CT molecular complexity index is 605. The van der Waals surface area contributed by atoms with E-state index < -0.39 is 10.0 Å². The first-order chi connectivity index (χ1) is 10.3. The zero-order valence-corrected chi connectivity index (χ0v) is 14.5. The number of benzene rings is 1. The fraction of sp³-hybridized carbons (Fsp3) is 0.625. The third-order valence-corrected chi connectivity index (χ3v) is 5.46. The van der Waals surface area contributed by atoms with Gasteiger partial charge in [-0.05, 0) is 51.0 Å². The van der Waals surface area contributed by atoms with Crippen molar-refractivity contribution in [1.29, 1.82) is 0 Å². The van der Waals surface area contributed by atoms with Gasteiger partial charge in [-0.2, -0.15) is 4.31 Å². The van der Waals surface area contributed by atoms with Crippen LogP contribution >= 0.6 is 0 Å². The second kappa shape index (κ2) is 6.98. The predicted octanol–water partition coefficient (Wildman–Crippen LogP) is 2.58. The van der Waals surface area contributed by atoms with E-state index >= 15 is 0 Å². The smallest absolute Gasteiger partial charge is 0.243 e. The number of morpholine rings is 1. The third kappa shape index (κ3) is 3.80. The molecule has 1 fully saturated rings. The number of rotatable bonds is 5. The van der Waals surface area contributed by atoms with E-state index in [-0.39, 0.29) is 12.2 Å². The molecule has 0 bridgehead atoms. The van der Waals surface area contributed by atoms with Crippen molar-refractivity contribution in [2.24, 2.45) is 0 Å². The quantitative estimate of drug-likeness (QED) is 0.834. The van der Waals surface area contributed by atoms with Crippen molar-refractivity contribution < 1.29 is 17.9 Å². The van der Waals surface area contributed by atoms with Gasteiger partial charge in [0.25, 0.3) is 0 Å². The Hall–Kier alpha value is -1.11. The molecule has 6 heteroatoms. The van der Waals surface area contributed by atoms with Crippen molar-refractivity contribution in [2.75, 3.05) is 19.7 Å². The summed E-state index contributed by atoms with van der Waals surface area (Å²) in [6, 6.07) is 5.05. The maximum atomic E-state index is 12.8. The maximum absolute atomic E-state index is 12.8. The average molecular weight is 327 g/mol. The molecule has 1 aromatic rings. The minimum atomic E-state index is -3.49. The third-order valence-electron chi connectivity index (χ3n) is 3.63. The van der Waals surface area contributed by atoms with E-state index in [1.54, 1.807) is 18.2 Å². The zero-order chi connectivity index (χ0) is 16.3. The van der Waals surface area contributed by atoms with E-state index in [0.29, 0.717) is 24.6 Å². The minimum absolute atomic E-state index is 0.0909. The molecule has 1 aliphatic heterocycles. The molecule has 5 nitrogen and oxygen atoms in total. The van der Waals surface area contributed by atoms with E-state index in [1.807, 2.05) is 27.7 Å². The summed E-state index contributed by atoms with van der Waals surface area (Å²) < 4.78 is 38.3. The Kier molecular flexibility index (Phi) is 5.47. The van der Waals surface area contributed by atoms with Crippen molar-refractivity contribution in [3.05, 3.63) is 23.8 Å². The molecule has 0 spiro atoms. The molecular formula is C16H25NO4S. The molecule has 2 rings (SSSR count). The Morgan fingerprint density at radius 1 is 1.27 bits per heavy atom. The topological polar surface area (TPSA) is 55.8 Å². The van der Waals surface area contributed by atoms with Gasteiger partial charge in [0.15, 0.2) is 0 Å². The Labute approximate surface area is 133 Å². The van der Waals surface area contributed by atoms with E-state index in [9.17, 15) is 8.42 Å². The van der Waals surface area contributed by atoms with Crippen molar-refractivity contribution in [2.45, 2.75) is 51.2 Å². The number of aryl methyl sites for hydroxylation is 1. The molecule has 2 atom stereocenters. The van der Waals surface area contributed by atoms with Gasteiger partial charge in [-0.25, -0.2) is 8.42 Å². The lowest BCUT2D eigenvalue weighted by Gasteiger charge is -2.34. The molecule has 0 N–H and O–H groups in total. The Balaban J connectivity index is 2.24. The lowest BCUT2D eigenvalue weighted by Crippen LogP contribution is -2.48. The van der Waals surface area contributed by atoms with E-state index in [2.05, 4.69) is 0 Å². The molecule has 22 heavy (non-hydrogen) atoms. The molecule has 0 amide bonds. The van der Waals surface area contributed by atoms with Crippen LogP contribution in [0.1, 0.15) is 32.8 Å². The van der Waals surface area contributed by atoms with Gasteiger partial charge >= 0.3 is 0 Å². The highest BCUT2D eigenvalue weighted by molar-refractivity contribution is 7.89. The van der Waals surface area contributed by atoms with Crippen LogP contribution in [-0.2, 0) is 14.8 Å². The standard InChI is InChI=1S/C16H25NO4S/c1-5-8-20-16-7-6-15(9-12(16)2)22(18,19)17-10-13(3)21-14(4)11-17/h6-7,9,13-14H,5,8,10-11H2,1-4H3/t13-,14+. The monoisotopic (exact) mass is 327 g/mol. The van der Waals surface area contributed by atoms with E-state index in [1.165, 1.54) is 4.31 Å². The number of nitrogens with zero attached hydrogens (tertiary/aromatic N) is 1. The van der Waals surface area contributed by atoms with Gasteiger partial charge in [0, 0.05) is 13.1 Å². The van der Waals surface area contributed by atoms with Crippen LogP contribution in [0, 0.1) is 6.92 Å². The number of ether oxygens (including phenoxy) is 2. The molecule has 0 aromatic heterocycles. The van der Waals surface area contributed by atoms with Gasteiger partial charge in [0.1, 0.15) is 5.75 Å². The van der Waals surface area contributed by atoms with E-state index in [0.717, 1.165) is 17.7 Å². The fourth-order valence-corrected chi connectivity index (χ4v) is 4.31. The van der Waals surface area contributed by atoms with Crippen molar-refractivity contribution in [3.8, 4) is 5.75 Å². The normalized spacial score (nSPS) is 23.5. The summed E-state index contributed by atoms with van der Waals surface area (Å²) in [7, 11) is -3.49. The number of hydrogen-bond acceptors (Lipinski definition) is 4. The molecular weight excluding hydrogens is 302 g/mol. The molecule has 124 valence electrons. The van der Waals surface area contributed by atoms with E-state index in [4.69, 9.17) is 9.47 Å². The highest BCUT2D eigenvalue weighted by atomic mass is 32.2. The van der Waals surface area contributed by atoms with Crippen LogP contribution in [0.4, 0.5) is 0 Å². The number of sulfonamides is 1. The lowest BCUT2D eigenvalue weighted by molar-refractivity contribution is -0.0440.